The van der Waals surface area contributed by atoms with E-state index < -0.39 is 5.41 Å². The number of allylic oxidation sites excluding steroid dienone is 4. The zero-order valence-corrected chi connectivity index (χ0v) is 11.0. The monoisotopic (exact) mass is 240 g/mol. The number of hydrogen-bond acceptors (Lipinski definition) is 2. The van der Waals surface area contributed by atoms with Gasteiger partial charge in [-0.05, 0) is 43.1 Å². The molecule has 0 bridgehead atoms. The van der Waals surface area contributed by atoms with E-state index in [1.54, 1.807) is 0 Å². The summed E-state index contributed by atoms with van der Waals surface area (Å²) in [5, 5.41) is 18.9. The van der Waals surface area contributed by atoms with Crippen LogP contribution in [0, 0.1) is 39.9 Å². The van der Waals surface area contributed by atoms with Crippen molar-refractivity contribution in [3.05, 3.63) is 23.8 Å². The summed E-state index contributed by atoms with van der Waals surface area (Å²) < 4.78 is 0. The van der Waals surface area contributed by atoms with Crippen molar-refractivity contribution in [2.75, 3.05) is 0 Å². The molecule has 0 aromatic rings. The van der Waals surface area contributed by atoms with Crippen LogP contribution in [-0.4, -0.2) is 0 Å². The van der Waals surface area contributed by atoms with Crippen LogP contribution in [0.5, 0.6) is 0 Å². The quantitative estimate of drug-likeness (QED) is 0.681. The normalized spacial score (nSPS) is 29.4. The predicted molar refractivity (Wildman–Crippen MR) is 71.2 cm³/mol. The number of rotatable bonds is 2. The molecule has 2 heteroatoms. The third kappa shape index (κ3) is 2.08. The fourth-order valence-electron chi connectivity index (χ4n) is 3.39. The highest BCUT2D eigenvalue weighted by atomic mass is 14.5. The molecule has 2 aliphatic carbocycles. The van der Waals surface area contributed by atoms with Crippen LogP contribution in [0.3, 0.4) is 0 Å². The van der Waals surface area contributed by atoms with E-state index >= 15 is 0 Å². The van der Waals surface area contributed by atoms with Gasteiger partial charge in [0.15, 0.2) is 5.41 Å². The summed E-state index contributed by atoms with van der Waals surface area (Å²) in [6.07, 6.45) is 12.7. The maximum atomic E-state index is 9.47. The van der Waals surface area contributed by atoms with Crippen LogP contribution in [0.25, 0.3) is 0 Å². The molecular weight excluding hydrogens is 220 g/mol. The minimum absolute atomic E-state index is 0.414. The van der Waals surface area contributed by atoms with Crippen LogP contribution in [0.1, 0.15) is 45.4 Å². The van der Waals surface area contributed by atoms with Crippen LogP contribution < -0.4 is 0 Å². The lowest BCUT2D eigenvalue weighted by molar-refractivity contribution is 0.347. The van der Waals surface area contributed by atoms with E-state index in [0.29, 0.717) is 18.3 Å². The van der Waals surface area contributed by atoms with E-state index in [0.717, 1.165) is 31.3 Å². The maximum absolute atomic E-state index is 9.47. The minimum Gasteiger partial charge on any atom is -0.196 e. The van der Waals surface area contributed by atoms with Gasteiger partial charge in [-0.2, -0.15) is 10.5 Å². The number of hydrogen-bond donors (Lipinski definition) is 0. The van der Waals surface area contributed by atoms with E-state index in [9.17, 15) is 10.5 Å². The lowest BCUT2D eigenvalue weighted by atomic mass is 9.67. The number of nitrogens with zero attached hydrogens (tertiary/aromatic N) is 2. The average Bonchev–Trinajstić information content (AvgIpc) is 2.58. The molecule has 2 nitrogen and oxygen atoms in total. The molecule has 0 saturated heterocycles. The van der Waals surface area contributed by atoms with Gasteiger partial charge in [0.1, 0.15) is 0 Å². The van der Waals surface area contributed by atoms with Gasteiger partial charge >= 0.3 is 0 Å². The molecule has 2 atom stereocenters. The van der Waals surface area contributed by atoms with Gasteiger partial charge in [-0.15, -0.1) is 0 Å². The van der Waals surface area contributed by atoms with Crippen LogP contribution in [-0.2, 0) is 0 Å². The van der Waals surface area contributed by atoms with Gasteiger partial charge < -0.3 is 0 Å². The third-order valence-electron chi connectivity index (χ3n) is 4.30. The Labute approximate surface area is 110 Å². The molecule has 0 amide bonds. The Morgan fingerprint density at radius 3 is 2.83 bits per heavy atom. The minimum atomic E-state index is -0.899. The largest absolute Gasteiger partial charge is 0.196 e. The number of nitriles is 2. The second-order valence-electron chi connectivity index (χ2n) is 5.41. The lowest BCUT2D eigenvalue weighted by Crippen LogP contribution is -2.28. The second kappa shape index (κ2) is 5.40. The van der Waals surface area contributed by atoms with E-state index in [-0.39, 0.29) is 0 Å². The standard InChI is InChI=1S/C16H20N2/c1-2-6-13-7-5-10-16(11-17,12-18)15-9-4-3-8-14(13)15/h5,7,9,13-14H,2-4,6,8,10H2,1H3/t13?,14-/m0/s1. The van der Waals surface area contributed by atoms with Crippen molar-refractivity contribution < 1.29 is 0 Å². The Hall–Kier alpha value is -1.54. The molecule has 2 aliphatic rings. The molecule has 0 aromatic carbocycles. The van der Waals surface area contributed by atoms with E-state index in [4.69, 9.17) is 0 Å². The summed E-state index contributed by atoms with van der Waals surface area (Å²) in [6, 6.07) is 4.58. The van der Waals surface area contributed by atoms with Gasteiger partial charge in [0, 0.05) is 6.42 Å². The fourth-order valence-corrected chi connectivity index (χ4v) is 3.39. The Balaban J connectivity index is 2.42. The molecule has 1 unspecified atom stereocenters. The molecule has 0 radical (unpaired) electrons. The van der Waals surface area contributed by atoms with Gasteiger partial charge in [-0.3, -0.25) is 0 Å². The molecule has 0 heterocycles. The Morgan fingerprint density at radius 2 is 2.17 bits per heavy atom. The molecule has 94 valence electrons. The van der Waals surface area contributed by atoms with Crippen LogP contribution >= 0.6 is 0 Å². The summed E-state index contributed by atoms with van der Waals surface area (Å²) in [7, 11) is 0. The fraction of sp³-hybridized carbons (Fsp3) is 0.625. The summed E-state index contributed by atoms with van der Waals surface area (Å²) in [5.41, 5.74) is 0.214. The van der Waals surface area contributed by atoms with Gasteiger partial charge in [-0.25, -0.2) is 0 Å². The van der Waals surface area contributed by atoms with Crippen molar-refractivity contribution in [3.63, 3.8) is 0 Å². The Morgan fingerprint density at radius 1 is 1.39 bits per heavy atom. The summed E-state index contributed by atoms with van der Waals surface area (Å²) in [4.78, 5) is 0. The Bertz CT molecular complexity index is 431. The zero-order valence-electron chi connectivity index (χ0n) is 11.0. The molecule has 0 saturated carbocycles. The molecular formula is C16H20N2. The van der Waals surface area contributed by atoms with Crippen LogP contribution in [0.2, 0.25) is 0 Å². The van der Waals surface area contributed by atoms with E-state index in [1.165, 1.54) is 6.42 Å². The van der Waals surface area contributed by atoms with Gasteiger partial charge in [0.2, 0.25) is 0 Å². The first-order valence-corrected chi connectivity index (χ1v) is 6.97. The average molecular weight is 240 g/mol. The van der Waals surface area contributed by atoms with Gasteiger partial charge in [-0.1, -0.05) is 31.6 Å². The third-order valence-corrected chi connectivity index (χ3v) is 4.30. The topological polar surface area (TPSA) is 47.6 Å². The van der Waals surface area contributed by atoms with Crippen molar-refractivity contribution in [2.24, 2.45) is 17.3 Å². The molecule has 0 N–H and O–H groups in total. The van der Waals surface area contributed by atoms with E-state index in [1.807, 2.05) is 0 Å². The van der Waals surface area contributed by atoms with Crippen molar-refractivity contribution in [3.8, 4) is 12.1 Å². The first kappa shape index (κ1) is 12.9. The van der Waals surface area contributed by atoms with Crippen molar-refractivity contribution in [1.82, 2.24) is 0 Å². The molecule has 0 spiro atoms. The lowest BCUT2D eigenvalue weighted by Gasteiger charge is -2.33. The highest BCUT2D eigenvalue weighted by molar-refractivity contribution is 5.39. The van der Waals surface area contributed by atoms with Crippen molar-refractivity contribution in [2.45, 2.75) is 45.4 Å². The van der Waals surface area contributed by atoms with Crippen molar-refractivity contribution >= 4 is 0 Å². The SMILES string of the molecule is CCCC1C=CCC(C#N)(C#N)C2=CCCC[C@H]21. The summed E-state index contributed by atoms with van der Waals surface area (Å²) in [6.45, 7) is 2.20. The number of fused-ring (bicyclic) bond motifs is 1. The first-order chi connectivity index (χ1) is 8.77. The molecule has 2 rings (SSSR count). The molecule has 0 aliphatic heterocycles. The van der Waals surface area contributed by atoms with Gasteiger partial charge in [0.05, 0.1) is 12.1 Å². The predicted octanol–water partition coefficient (Wildman–Crippen LogP) is 4.12. The van der Waals surface area contributed by atoms with E-state index in [2.05, 4.69) is 37.3 Å². The second-order valence-corrected chi connectivity index (χ2v) is 5.41. The smallest absolute Gasteiger partial charge is 0.168 e. The summed E-state index contributed by atoms with van der Waals surface area (Å²) in [5.74, 6) is 0.932. The Kier molecular flexibility index (Phi) is 3.87. The maximum Gasteiger partial charge on any atom is 0.168 e. The highest BCUT2D eigenvalue weighted by Crippen LogP contribution is 2.47. The van der Waals surface area contributed by atoms with Crippen molar-refractivity contribution in [1.29, 1.82) is 10.5 Å². The first-order valence-electron chi connectivity index (χ1n) is 6.97. The summed E-state index contributed by atoms with van der Waals surface area (Å²) >= 11 is 0. The zero-order chi connectivity index (χ0) is 13.0. The molecule has 0 aromatic heterocycles. The van der Waals surface area contributed by atoms with Gasteiger partial charge in [0.25, 0.3) is 0 Å². The molecule has 0 fully saturated rings. The highest BCUT2D eigenvalue weighted by Gasteiger charge is 2.42. The van der Waals surface area contributed by atoms with Crippen LogP contribution in [0.4, 0.5) is 0 Å². The molecule has 18 heavy (non-hydrogen) atoms. The van der Waals surface area contributed by atoms with Crippen LogP contribution in [0.15, 0.2) is 23.8 Å².